The third-order valence-corrected chi connectivity index (χ3v) is 3.03. The number of H-pyrrole nitrogens is 1. The number of aromatic amines is 1. The second-order valence-electron chi connectivity index (χ2n) is 4.37. The number of rotatable bonds is 1. The zero-order valence-corrected chi connectivity index (χ0v) is 10.5. The Bertz CT molecular complexity index is 805. The molecule has 0 radical (unpaired) electrons. The van der Waals surface area contributed by atoms with Crippen LogP contribution in [0.1, 0.15) is 11.3 Å². The number of halogens is 1. The van der Waals surface area contributed by atoms with Crippen molar-refractivity contribution < 1.29 is 13.9 Å². The fourth-order valence-corrected chi connectivity index (χ4v) is 2.14. The number of nitrogens with one attached hydrogen (secondary N) is 1. The minimum atomic E-state index is -0.573. The number of nitrogens with zero attached hydrogens (tertiary/aromatic N) is 1. The van der Waals surface area contributed by atoms with Crippen LogP contribution in [0.3, 0.4) is 0 Å². The van der Waals surface area contributed by atoms with Crippen LogP contribution in [0.5, 0.6) is 11.5 Å². The van der Waals surface area contributed by atoms with Crippen molar-refractivity contribution in [1.82, 2.24) is 4.98 Å². The number of pyridine rings is 1. The molecule has 1 aliphatic heterocycles. The van der Waals surface area contributed by atoms with Gasteiger partial charge in [0, 0.05) is 22.9 Å². The summed E-state index contributed by atoms with van der Waals surface area (Å²) in [5, 5.41) is 9.09. The number of benzene rings is 1. The highest BCUT2D eigenvalue weighted by Crippen LogP contribution is 2.38. The van der Waals surface area contributed by atoms with E-state index in [-0.39, 0.29) is 23.5 Å². The van der Waals surface area contributed by atoms with Crippen LogP contribution in [-0.2, 0) is 0 Å². The van der Waals surface area contributed by atoms with E-state index in [2.05, 4.69) is 4.98 Å². The highest BCUT2D eigenvalue weighted by atomic mass is 19.1. The van der Waals surface area contributed by atoms with Gasteiger partial charge in [0.25, 0.3) is 5.56 Å². The molecular formula is C14H9FN2O3. The Labute approximate surface area is 113 Å². The third-order valence-electron chi connectivity index (χ3n) is 3.03. The highest BCUT2D eigenvalue weighted by Gasteiger charge is 2.21. The quantitative estimate of drug-likeness (QED) is 0.862. The van der Waals surface area contributed by atoms with E-state index in [1.165, 1.54) is 12.1 Å². The van der Waals surface area contributed by atoms with Crippen LogP contribution >= 0.6 is 0 Å². The Kier molecular flexibility index (Phi) is 2.68. The molecule has 0 fully saturated rings. The van der Waals surface area contributed by atoms with Gasteiger partial charge in [-0.25, -0.2) is 4.39 Å². The molecule has 20 heavy (non-hydrogen) atoms. The van der Waals surface area contributed by atoms with Crippen molar-refractivity contribution in [3.05, 3.63) is 45.6 Å². The maximum absolute atomic E-state index is 14.2. The third kappa shape index (κ3) is 1.80. The van der Waals surface area contributed by atoms with Gasteiger partial charge >= 0.3 is 0 Å². The predicted octanol–water partition coefficient (Wildman–Crippen LogP) is 2.09. The van der Waals surface area contributed by atoms with Crippen molar-refractivity contribution in [1.29, 1.82) is 5.26 Å². The summed E-state index contributed by atoms with van der Waals surface area (Å²) in [7, 11) is 0. The van der Waals surface area contributed by atoms with Gasteiger partial charge in [-0.2, -0.15) is 5.26 Å². The number of fused-ring (bicyclic) bond motifs is 1. The summed E-state index contributed by atoms with van der Waals surface area (Å²) in [5.41, 5.74) is 0.249. The largest absolute Gasteiger partial charge is 0.454 e. The van der Waals surface area contributed by atoms with Crippen molar-refractivity contribution in [2.75, 3.05) is 6.79 Å². The van der Waals surface area contributed by atoms with Crippen molar-refractivity contribution >= 4 is 0 Å². The summed E-state index contributed by atoms with van der Waals surface area (Å²) < 4.78 is 24.4. The number of nitriles is 1. The Balaban J connectivity index is 2.30. The van der Waals surface area contributed by atoms with Crippen LogP contribution in [0.4, 0.5) is 4.39 Å². The van der Waals surface area contributed by atoms with Gasteiger partial charge in [0.2, 0.25) is 6.79 Å². The molecule has 0 unspecified atom stereocenters. The number of aryl methyl sites for hydroxylation is 1. The van der Waals surface area contributed by atoms with E-state index in [0.29, 0.717) is 17.2 Å². The van der Waals surface area contributed by atoms with Gasteiger partial charge in [0.1, 0.15) is 17.4 Å². The molecule has 2 heterocycles. The molecule has 0 spiro atoms. The molecule has 0 saturated carbocycles. The second-order valence-corrected chi connectivity index (χ2v) is 4.37. The van der Waals surface area contributed by atoms with Crippen molar-refractivity contribution in [2.24, 2.45) is 0 Å². The van der Waals surface area contributed by atoms with Crippen LogP contribution < -0.4 is 15.0 Å². The normalized spacial score (nSPS) is 12.2. The molecule has 0 bridgehead atoms. The summed E-state index contributed by atoms with van der Waals surface area (Å²) in [5.74, 6) is 0.130. The van der Waals surface area contributed by atoms with Gasteiger partial charge in [-0.15, -0.1) is 0 Å². The zero-order valence-electron chi connectivity index (χ0n) is 10.5. The summed E-state index contributed by atoms with van der Waals surface area (Å²) in [6.45, 7) is 1.69. The van der Waals surface area contributed by atoms with Crippen molar-refractivity contribution in [3.8, 4) is 28.7 Å². The Hall–Kier alpha value is -2.81. The fraction of sp³-hybridized carbons (Fsp3) is 0.143. The van der Waals surface area contributed by atoms with E-state index in [0.717, 1.165) is 0 Å². The van der Waals surface area contributed by atoms with E-state index in [1.54, 1.807) is 19.1 Å². The van der Waals surface area contributed by atoms with Crippen LogP contribution in [-0.4, -0.2) is 11.8 Å². The molecule has 5 nitrogen and oxygen atoms in total. The highest BCUT2D eigenvalue weighted by molar-refractivity contribution is 5.73. The SMILES string of the molecule is Cc1cc(-c2cc3c(cc2F)OCO3)c(C#N)c(=O)[nH]1. The lowest BCUT2D eigenvalue weighted by Gasteiger charge is -2.08. The molecule has 1 N–H and O–H groups in total. The number of ether oxygens (including phenoxy) is 2. The summed E-state index contributed by atoms with van der Waals surface area (Å²) in [6, 6.07) is 5.99. The van der Waals surface area contributed by atoms with E-state index in [4.69, 9.17) is 14.7 Å². The van der Waals surface area contributed by atoms with E-state index < -0.39 is 11.4 Å². The summed E-state index contributed by atoms with van der Waals surface area (Å²) in [6.07, 6.45) is 0. The molecule has 3 rings (SSSR count). The van der Waals surface area contributed by atoms with Gasteiger partial charge in [0.05, 0.1) is 0 Å². The molecule has 0 saturated heterocycles. The average Bonchev–Trinajstić information content (AvgIpc) is 2.84. The standard InChI is InChI=1S/C14H9FN2O3/c1-7-2-8(10(5-16)14(18)17-7)9-3-12-13(4-11(9)15)20-6-19-12/h2-4H,6H2,1H3,(H,17,18). The van der Waals surface area contributed by atoms with Crippen LogP contribution in [0.15, 0.2) is 23.0 Å². The molecule has 2 aromatic rings. The van der Waals surface area contributed by atoms with Gasteiger partial charge in [0.15, 0.2) is 11.5 Å². The first kappa shape index (κ1) is 12.2. The maximum Gasteiger partial charge on any atom is 0.266 e. The molecule has 6 heteroatoms. The minimum absolute atomic E-state index is 0.0255. The van der Waals surface area contributed by atoms with Crippen LogP contribution in [0, 0.1) is 24.1 Å². The first-order chi connectivity index (χ1) is 9.60. The molecular weight excluding hydrogens is 263 g/mol. The van der Waals surface area contributed by atoms with Gasteiger partial charge in [-0.05, 0) is 19.1 Å². The fourth-order valence-electron chi connectivity index (χ4n) is 2.14. The summed E-state index contributed by atoms with van der Waals surface area (Å²) >= 11 is 0. The molecule has 0 aliphatic carbocycles. The van der Waals surface area contributed by atoms with E-state index in [1.807, 2.05) is 0 Å². The van der Waals surface area contributed by atoms with Crippen molar-refractivity contribution in [2.45, 2.75) is 6.92 Å². The maximum atomic E-state index is 14.2. The smallest absolute Gasteiger partial charge is 0.266 e. The molecule has 0 atom stereocenters. The second kappa shape index (κ2) is 4.38. The average molecular weight is 272 g/mol. The minimum Gasteiger partial charge on any atom is -0.454 e. The summed E-state index contributed by atoms with van der Waals surface area (Å²) in [4.78, 5) is 14.3. The Morgan fingerprint density at radius 3 is 2.65 bits per heavy atom. The van der Waals surface area contributed by atoms with Crippen LogP contribution in [0.25, 0.3) is 11.1 Å². The Morgan fingerprint density at radius 1 is 1.25 bits per heavy atom. The number of aromatic nitrogens is 1. The number of hydrogen-bond acceptors (Lipinski definition) is 4. The molecule has 1 aromatic heterocycles. The molecule has 1 aliphatic rings. The molecule has 0 amide bonds. The van der Waals surface area contributed by atoms with Crippen LogP contribution in [0.2, 0.25) is 0 Å². The first-order valence-corrected chi connectivity index (χ1v) is 5.83. The lowest BCUT2D eigenvalue weighted by Crippen LogP contribution is -2.13. The molecule has 1 aromatic carbocycles. The molecule has 100 valence electrons. The zero-order chi connectivity index (χ0) is 14.3. The van der Waals surface area contributed by atoms with Gasteiger partial charge in [-0.3, -0.25) is 4.79 Å². The van der Waals surface area contributed by atoms with Gasteiger partial charge in [-0.1, -0.05) is 0 Å². The Morgan fingerprint density at radius 2 is 1.95 bits per heavy atom. The van der Waals surface area contributed by atoms with E-state index in [9.17, 15) is 9.18 Å². The van der Waals surface area contributed by atoms with Gasteiger partial charge < -0.3 is 14.5 Å². The first-order valence-electron chi connectivity index (χ1n) is 5.83. The van der Waals surface area contributed by atoms with E-state index >= 15 is 0 Å². The predicted molar refractivity (Wildman–Crippen MR) is 68.0 cm³/mol. The topological polar surface area (TPSA) is 75.1 Å². The lowest BCUT2D eigenvalue weighted by molar-refractivity contribution is 0.174. The monoisotopic (exact) mass is 272 g/mol. The number of hydrogen-bond donors (Lipinski definition) is 1. The lowest BCUT2D eigenvalue weighted by atomic mass is 10.00. The van der Waals surface area contributed by atoms with Crippen molar-refractivity contribution in [3.63, 3.8) is 0 Å².